The van der Waals surface area contributed by atoms with Crippen LogP contribution in [-0.2, 0) is 10.0 Å². The number of hydrogen-bond acceptors (Lipinski definition) is 3. The standard InChI is InChI=1S/C13H21NO3S/c1-13(2,3)11(10-18(14,15)16)9-17-12-7-5-4-6-8-12/h4-8,11H,9-10H2,1-3H3,(H2,14,15,16). The first-order chi connectivity index (χ1) is 8.18. The summed E-state index contributed by atoms with van der Waals surface area (Å²) in [6.45, 7) is 6.29. The van der Waals surface area contributed by atoms with Gasteiger partial charge in [-0.1, -0.05) is 39.0 Å². The molecule has 0 bridgehead atoms. The second kappa shape index (κ2) is 5.71. The van der Waals surface area contributed by atoms with Gasteiger partial charge in [0.1, 0.15) is 5.75 Å². The van der Waals surface area contributed by atoms with Crippen LogP contribution >= 0.6 is 0 Å². The monoisotopic (exact) mass is 271 g/mol. The number of primary sulfonamides is 1. The summed E-state index contributed by atoms with van der Waals surface area (Å²) >= 11 is 0. The molecule has 18 heavy (non-hydrogen) atoms. The summed E-state index contributed by atoms with van der Waals surface area (Å²) in [6, 6.07) is 9.34. The van der Waals surface area contributed by atoms with Gasteiger partial charge in [-0.15, -0.1) is 0 Å². The Morgan fingerprint density at radius 1 is 1.22 bits per heavy atom. The molecule has 4 nitrogen and oxygen atoms in total. The van der Waals surface area contributed by atoms with Gasteiger partial charge in [0, 0.05) is 5.92 Å². The first kappa shape index (κ1) is 15.0. The quantitative estimate of drug-likeness (QED) is 0.890. The molecule has 1 unspecified atom stereocenters. The third-order valence-electron chi connectivity index (χ3n) is 2.85. The third kappa shape index (κ3) is 5.51. The minimum absolute atomic E-state index is 0.0661. The average Bonchev–Trinajstić information content (AvgIpc) is 2.22. The van der Waals surface area contributed by atoms with Crippen LogP contribution in [-0.4, -0.2) is 20.8 Å². The molecule has 0 amide bonds. The number of hydrogen-bond donors (Lipinski definition) is 1. The van der Waals surface area contributed by atoms with E-state index in [1.54, 1.807) is 0 Å². The highest BCUT2D eigenvalue weighted by molar-refractivity contribution is 7.89. The molecule has 102 valence electrons. The highest BCUT2D eigenvalue weighted by atomic mass is 32.2. The van der Waals surface area contributed by atoms with E-state index in [0.717, 1.165) is 5.75 Å². The number of sulfonamides is 1. The van der Waals surface area contributed by atoms with Crippen molar-refractivity contribution in [3.63, 3.8) is 0 Å². The van der Waals surface area contributed by atoms with Crippen molar-refractivity contribution in [2.75, 3.05) is 12.4 Å². The molecule has 0 fully saturated rings. The Morgan fingerprint density at radius 2 is 1.78 bits per heavy atom. The van der Waals surface area contributed by atoms with Crippen molar-refractivity contribution < 1.29 is 13.2 Å². The molecule has 0 saturated carbocycles. The minimum atomic E-state index is -3.49. The summed E-state index contributed by atoms with van der Waals surface area (Å²) < 4.78 is 28.1. The maximum absolute atomic E-state index is 11.2. The predicted octanol–water partition coefficient (Wildman–Crippen LogP) is 2.02. The lowest BCUT2D eigenvalue weighted by Gasteiger charge is -2.29. The van der Waals surface area contributed by atoms with Crippen LogP contribution in [0.25, 0.3) is 0 Å². The molecular formula is C13H21NO3S. The van der Waals surface area contributed by atoms with Crippen molar-refractivity contribution in [1.82, 2.24) is 0 Å². The first-order valence-corrected chi connectivity index (χ1v) is 7.58. The van der Waals surface area contributed by atoms with Crippen molar-refractivity contribution in [1.29, 1.82) is 0 Å². The van der Waals surface area contributed by atoms with E-state index in [1.807, 2.05) is 51.1 Å². The number of ether oxygens (including phenoxy) is 1. The predicted molar refractivity (Wildman–Crippen MR) is 72.9 cm³/mol. The van der Waals surface area contributed by atoms with Crippen LogP contribution in [0.15, 0.2) is 30.3 Å². The SMILES string of the molecule is CC(C)(C)C(COc1ccccc1)CS(N)(=O)=O. The summed E-state index contributed by atoms with van der Waals surface area (Å²) in [7, 11) is -3.49. The van der Waals surface area contributed by atoms with Gasteiger partial charge in [-0.3, -0.25) is 0 Å². The van der Waals surface area contributed by atoms with E-state index in [4.69, 9.17) is 9.88 Å². The normalized spacial score (nSPS) is 14.2. The highest BCUT2D eigenvalue weighted by Crippen LogP contribution is 2.27. The summed E-state index contributed by atoms with van der Waals surface area (Å²) in [4.78, 5) is 0. The van der Waals surface area contributed by atoms with Gasteiger partial charge >= 0.3 is 0 Å². The second-order valence-electron chi connectivity index (χ2n) is 5.52. The minimum Gasteiger partial charge on any atom is -0.493 e. The Hall–Kier alpha value is -1.07. The van der Waals surface area contributed by atoms with Gasteiger partial charge in [0.25, 0.3) is 0 Å². The zero-order valence-electron chi connectivity index (χ0n) is 11.1. The van der Waals surface area contributed by atoms with Gasteiger partial charge in [-0.2, -0.15) is 0 Å². The van der Waals surface area contributed by atoms with Crippen molar-refractivity contribution in [2.45, 2.75) is 20.8 Å². The van der Waals surface area contributed by atoms with Crippen LogP contribution in [0, 0.1) is 11.3 Å². The average molecular weight is 271 g/mol. The van der Waals surface area contributed by atoms with E-state index in [2.05, 4.69) is 0 Å². The van der Waals surface area contributed by atoms with E-state index in [0.29, 0.717) is 6.61 Å². The topological polar surface area (TPSA) is 69.4 Å². The van der Waals surface area contributed by atoms with Crippen LogP contribution in [0.1, 0.15) is 20.8 Å². The Morgan fingerprint density at radius 3 is 2.22 bits per heavy atom. The summed E-state index contributed by atoms with van der Waals surface area (Å²) in [6.07, 6.45) is 0. The second-order valence-corrected chi connectivity index (χ2v) is 7.18. The van der Waals surface area contributed by atoms with Gasteiger partial charge in [0.2, 0.25) is 10.0 Å². The number of para-hydroxylation sites is 1. The number of benzene rings is 1. The van der Waals surface area contributed by atoms with E-state index in [-0.39, 0.29) is 17.1 Å². The van der Waals surface area contributed by atoms with Crippen LogP contribution < -0.4 is 9.88 Å². The molecule has 0 spiro atoms. The van der Waals surface area contributed by atoms with Crippen molar-refractivity contribution in [3.05, 3.63) is 30.3 Å². The molecule has 1 atom stereocenters. The molecule has 1 aromatic rings. The molecule has 0 saturated heterocycles. The number of rotatable bonds is 5. The summed E-state index contributed by atoms with van der Waals surface area (Å²) in [5.41, 5.74) is -0.179. The largest absolute Gasteiger partial charge is 0.493 e. The molecule has 0 radical (unpaired) electrons. The Kier molecular flexibility index (Phi) is 4.76. The van der Waals surface area contributed by atoms with E-state index >= 15 is 0 Å². The van der Waals surface area contributed by atoms with Crippen molar-refractivity contribution in [2.24, 2.45) is 16.5 Å². The first-order valence-electron chi connectivity index (χ1n) is 5.87. The lowest BCUT2D eigenvalue weighted by Crippen LogP contribution is -2.35. The molecular weight excluding hydrogens is 250 g/mol. The molecule has 2 N–H and O–H groups in total. The zero-order chi connectivity index (χ0) is 13.8. The molecule has 5 heteroatoms. The van der Waals surface area contributed by atoms with E-state index in [9.17, 15) is 8.42 Å². The van der Waals surface area contributed by atoms with Gasteiger partial charge in [0.15, 0.2) is 0 Å². The lowest BCUT2D eigenvalue weighted by molar-refractivity contribution is 0.163. The molecule has 0 aliphatic rings. The Labute approximate surface area is 109 Å². The highest BCUT2D eigenvalue weighted by Gasteiger charge is 2.29. The van der Waals surface area contributed by atoms with Crippen LogP contribution in [0.4, 0.5) is 0 Å². The number of nitrogens with two attached hydrogens (primary N) is 1. The molecule has 0 aromatic heterocycles. The zero-order valence-corrected chi connectivity index (χ0v) is 11.9. The fraction of sp³-hybridized carbons (Fsp3) is 0.538. The Bertz CT molecular complexity index is 463. The molecule has 0 aliphatic heterocycles. The lowest BCUT2D eigenvalue weighted by atomic mass is 9.82. The summed E-state index contributed by atoms with van der Waals surface area (Å²) in [5.74, 6) is 0.525. The molecule has 0 heterocycles. The fourth-order valence-corrected chi connectivity index (χ4v) is 2.70. The third-order valence-corrected chi connectivity index (χ3v) is 3.72. The van der Waals surface area contributed by atoms with Gasteiger partial charge in [0.05, 0.1) is 12.4 Å². The van der Waals surface area contributed by atoms with Crippen LogP contribution in [0.3, 0.4) is 0 Å². The van der Waals surface area contributed by atoms with Gasteiger partial charge in [-0.05, 0) is 17.5 Å². The van der Waals surface area contributed by atoms with Crippen LogP contribution in [0.5, 0.6) is 5.75 Å². The molecule has 0 aliphatic carbocycles. The molecule has 1 aromatic carbocycles. The van der Waals surface area contributed by atoms with Crippen molar-refractivity contribution >= 4 is 10.0 Å². The smallest absolute Gasteiger partial charge is 0.209 e. The maximum atomic E-state index is 11.2. The van der Waals surface area contributed by atoms with E-state index in [1.165, 1.54) is 0 Å². The van der Waals surface area contributed by atoms with Gasteiger partial charge < -0.3 is 4.74 Å². The molecule has 1 rings (SSSR count). The van der Waals surface area contributed by atoms with Crippen molar-refractivity contribution in [3.8, 4) is 5.75 Å². The maximum Gasteiger partial charge on any atom is 0.209 e. The van der Waals surface area contributed by atoms with Crippen LogP contribution in [0.2, 0.25) is 0 Å². The summed E-state index contributed by atoms with van der Waals surface area (Å²) in [5, 5.41) is 5.12. The van der Waals surface area contributed by atoms with E-state index < -0.39 is 10.0 Å². The fourth-order valence-electron chi connectivity index (χ4n) is 1.54. The Balaban J connectivity index is 2.69. The van der Waals surface area contributed by atoms with Gasteiger partial charge in [-0.25, -0.2) is 13.6 Å².